The Kier molecular flexibility index (Phi) is 6.09. The van der Waals surface area contributed by atoms with Gasteiger partial charge in [0.15, 0.2) is 0 Å². The summed E-state index contributed by atoms with van der Waals surface area (Å²) in [5, 5.41) is 6.48. The Morgan fingerprint density at radius 1 is 1.36 bits per heavy atom. The second-order valence-corrected chi connectivity index (χ2v) is 5.77. The maximum Gasteiger partial charge on any atom is 0.261 e. The highest BCUT2D eigenvalue weighted by atomic mass is 79.9. The Bertz CT molecular complexity index is 714. The molecule has 2 N–H and O–H groups in total. The van der Waals surface area contributed by atoms with Crippen LogP contribution in [0.15, 0.2) is 33.8 Å². The van der Waals surface area contributed by atoms with Gasteiger partial charge in [0.1, 0.15) is 0 Å². The molecule has 2 aromatic rings. The Morgan fingerprint density at radius 2 is 2.18 bits per heavy atom. The van der Waals surface area contributed by atoms with E-state index in [1.165, 1.54) is 10.9 Å². The molecule has 1 heterocycles. The molecule has 0 aliphatic heterocycles. The predicted molar refractivity (Wildman–Crippen MR) is 89.9 cm³/mol. The van der Waals surface area contributed by atoms with Gasteiger partial charge in [-0.15, -0.1) is 0 Å². The zero-order valence-electron chi connectivity index (χ0n) is 12.4. The highest BCUT2D eigenvalue weighted by molar-refractivity contribution is 9.10. The van der Waals surface area contributed by atoms with Gasteiger partial charge in [-0.3, -0.25) is 14.2 Å². The molecular weight excluding hydrogens is 348 g/mol. The molecule has 22 heavy (non-hydrogen) atoms. The number of nitrogens with zero attached hydrogens (tertiary/aromatic N) is 2. The van der Waals surface area contributed by atoms with Crippen LogP contribution in [0.2, 0.25) is 0 Å². The van der Waals surface area contributed by atoms with E-state index in [2.05, 4.69) is 31.5 Å². The maximum absolute atomic E-state index is 12.4. The van der Waals surface area contributed by atoms with Crippen LogP contribution < -0.4 is 16.2 Å². The van der Waals surface area contributed by atoms with Crippen molar-refractivity contribution in [2.45, 2.75) is 19.9 Å². The number of aryl methyl sites for hydroxylation is 1. The fourth-order valence-corrected chi connectivity index (χ4v) is 2.43. The van der Waals surface area contributed by atoms with Gasteiger partial charge in [-0.05, 0) is 24.7 Å². The number of fused-ring (bicyclic) bond motifs is 1. The van der Waals surface area contributed by atoms with Crippen molar-refractivity contribution in [1.29, 1.82) is 0 Å². The maximum atomic E-state index is 12.4. The summed E-state index contributed by atoms with van der Waals surface area (Å²) in [5.74, 6) is -0.0702. The fraction of sp³-hybridized carbons (Fsp3) is 0.400. The average molecular weight is 367 g/mol. The second-order valence-electron chi connectivity index (χ2n) is 4.86. The monoisotopic (exact) mass is 366 g/mol. The number of nitrogens with one attached hydrogen (secondary N) is 2. The van der Waals surface area contributed by atoms with Crippen molar-refractivity contribution in [3.63, 3.8) is 0 Å². The first-order chi connectivity index (χ1) is 10.6. The topological polar surface area (TPSA) is 76.0 Å². The Balaban J connectivity index is 1.98. The minimum Gasteiger partial charge on any atom is -0.355 e. The third-order valence-corrected chi connectivity index (χ3v) is 3.73. The van der Waals surface area contributed by atoms with E-state index < -0.39 is 0 Å². The summed E-state index contributed by atoms with van der Waals surface area (Å²) < 4.78 is 2.30. The van der Waals surface area contributed by atoms with Gasteiger partial charge >= 0.3 is 0 Å². The number of rotatable bonds is 7. The van der Waals surface area contributed by atoms with Crippen molar-refractivity contribution >= 4 is 32.7 Å². The molecule has 0 saturated heterocycles. The Morgan fingerprint density at radius 3 is 2.95 bits per heavy atom. The van der Waals surface area contributed by atoms with Crippen molar-refractivity contribution in [1.82, 2.24) is 20.2 Å². The molecule has 0 atom stereocenters. The van der Waals surface area contributed by atoms with Crippen LogP contribution in [-0.4, -0.2) is 35.1 Å². The first-order valence-electron chi connectivity index (χ1n) is 7.24. The second kappa shape index (κ2) is 8.05. The lowest BCUT2D eigenvalue weighted by atomic mass is 10.2. The number of carbonyl (C=O) groups excluding carboxylic acids is 1. The van der Waals surface area contributed by atoms with Gasteiger partial charge in [0.05, 0.1) is 17.2 Å². The zero-order chi connectivity index (χ0) is 15.9. The SMILES string of the molecule is CCNCCNC(=O)CCn1cnc2ccc(Br)cc2c1=O. The number of amides is 1. The van der Waals surface area contributed by atoms with E-state index in [0.29, 0.717) is 24.0 Å². The average Bonchev–Trinajstić information content (AvgIpc) is 2.51. The third-order valence-electron chi connectivity index (χ3n) is 3.24. The molecule has 0 aliphatic carbocycles. The highest BCUT2D eigenvalue weighted by Crippen LogP contribution is 2.14. The van der Waals surface area contributed by atoms with Crippen LogP contribution in [0.4, 0.5) is 0 Å². The molecule has 0 aliphatic rings. The molecule has 1 amide bonds. The van der Waals surface area contributed by atoms with Crippen molar-refractivity contribution in [2.75, 3.05) is 19.6 Å². The van der Waals surface area contributed by atoms with E-state index in [1.807, 2.05) is 13.0 Å². The van der Waals surface area contributed by atoms with Gasteiger partial charge in [0.2, 0.25) is 5.91 Å². The number of likely N-dealkylation sites (N-methyl/N-ethyl adjacent to an activating group) is 1. The van der Waals surface area contributed by atoms with Gasteiger partial charge in [-0.25, -0.2) is 4.98 Å². The predicted octanol–water partition coefficient (Wildman–Crippen LogP) is 1.27. The van der Waals surface area contributed by atoms with Crippen LogP contribution in [0.25, 0.3) is 10.9 Å². The molecule has 6 nitrogen and oxygen atoms in total. The molecule has 0 spiro atoms. The number of carbonyl (C=O) groups is 1. The van der Waals surface area contributed by atoms with Gasteiger partial charge in [0.25, 0.3) is 5.56 Å². The van der Waals surface area contributed by atoms with Crippen LogP contribution in [0.5, 0.6) is 0 Å². The third kappa shape index (κ3) is 4.38. The largest absolute Gasteiger partial charge is 0.355 e. The fourth-order valence-electron chi connectivity index (χ4n) is 2.07. The first-order valence-corrected chi connectivity index (χ1v) is 8.03. The van der Waals surface area contributed by atoms with Crippen LogP contribution in [0.3, 0.4) is 0 Å². The van der Waals surface area contributed by atoms with E-state index >= 15 is 0 Å². The molecular formula is C15H19BrN4O2. The Labute approximate surface area is 137 Å². The van der Waals surface area contributed by atoms with Crippen LogP contribution in [0.1, 0.15) is 13.3 Å². The first kappa shape index (κ1) is 16.6. The van der Waals surface area contributed by atoms with E-state index in [0.717, 1.165) is 17.6 Å². The number of aromatic nitrogens is 2. The van der Waals surface area contributed by atoms with Crippen LogP contribution >= 0.6 is 15.9 Å². The summed E-state index contributed by atoms with van der Waals surface area (Å²) in [7, 11) is 0. The quantitative estimate of drug-likeness (QED) is 0.723. The number of halogens is 1. The Hall–Kier alpha value is -1.73. The summed E-state index contributed by atoms with van der Waals surface area (Å²) in [4.78, 5) is 28.3. The van der Waals surface area contributed by atoms with Gasteiger partial charge < -0.3 is 10.6 Å². The van der Waals surface area contributed by atoms with Crippen LogP contribution in [-0.2, 0) is 11.3 Å². The minimum atomic E-state index is -0.133. The molecule has 0 fully saturated rings. The highest BCUT2D eigenvalue weighted by Gasteiger charge is 2.07. The van der Waals surface area contributed by atoms with E-state index in [1.54, 1.807) is 12.1 Å². The van der Waals surface area contributed by atoms with Crippen LogP contribution in [0, 0.1) is 0 Å². The molecule has 0 unspecified atom stereocenters. The van der Waals surface area contributed by atoms with E-state index in [4.69, 9.17) is 0 Å². The standard InChI is InChI=1S/C15H19BrN4O2/c1-2-17-6-7-18-14(21)5-8-20-10-19-13-4-3-11(16)9-12(13)15(20)22/h3-4,9-10,17H,2,5-8H2,1H3,(H,18,21). The summed E-state index contributed by atoms with van der Waals surface area (Å²) in [5.41, 5.74) is 0.520. The van der Waals surface area contributed by atoms with Gasteiger partial charge in [0, 0.05) is 30.5 Å². The summed E-state index contributed by atoms with van der Waals surface area (Å²) in [6.45, 7) is 4.54. The molecule has 0 bridgehead atoms. The zero-order valence-corrected chi connectivity index (χ0v) is 14.0. The molecule has 1 aromatic carbocycles. The number of hydrogen-bond donors (Lipinski definition) is 2. The lowest BCUT2D eigenvalue weighted by Gasteiger charge is -2.08. The van der Waals surface area contributed by atoms with E-state index in [-0.39, 0.29) is 17.9 Å². The van der Waals surface area contributed by atoms with Crippen molar-refractivity contribution in [2.24, 2.45) is 0 Å². The molecule has 0 radical (unpaired) electrons. The molecule has 1 aromatic heterocycles. The normalized spacial score (nSPS) is 10.8. The molecule has 0 saturated carbocycles. The van der Waals surface area contributed by atoms with Crippen molar-refractivity contribution in [3.8, 4) is 0 Å². The molecule has 118 valence electrons. The molecule has 2 rings (SSSR count). The number of hydrogen-bond acceptors (Lipinski definition) is 4. The summed E-state index contributed by atoms with van der Waals surface area (Å²) in [6.07, 6.45) is 1.75. The molecule has 7 heteroatoms. The minimum absolute atomic E-state index is 0.0702. The lowest BCUT2D eigenvalue weighted by molar-refractivity contribution is -0.121. The smallest absolute Gasteiger partial charge is 0.261 e. The van der Waals surface area contributed by atoms with E-state index in [9.17, 15) is 9.59 Å². The van der Waals surface area contributed by atoms with Gasteiger partial charge in [-0.2, -0.15) is 0 Å². The lowest BCUT2D eigenvalue weighted by Crippen LogP contribution is -2.33. The number of benzene rings is 1. The van der Waals surface area contributed by atoms with Gasteiger partial charge in [-0.1, -0.05) is 22.9 Å². The summed E-state index contributed by atoms with van der Waals surface area (Å²) >= 11 is 3.35. The van der Waals surface area contributed by atoms with Crippen molar-refractivity contribution in [3.05, 3.63) is 39.4 Å². The summed E-state index contributed by atoms with van der Waals surface area (Å²) in [6, 6.07) is 5.38. The van der Waals surface area contributed by atoms with Crippen molar-refractivity contribution < 1.29 is 4.79 Å².